The molecule has 10 heteroatoms. The number of carboxylic acid groups (broad SMARTS) is 1. The van der Waals surface area contributed by atoms with Gasteiger partial charge in [0.2, 0.25) is 11.8 Å². The number of nitrogens with one attached hydrogen (secondary N) is 4. The van der Waals surface area contributed by atoms with E-state index in [4.69, 9.17) is 26.5 Å². The molecular weight excluding hydrogens is 556 g/mol. The number of benzene rings is 1. The van der Waals surface area contributed by atoms with Crippen LogP contribution in [0.2, 0.25) is 0 Å². The molecule has 3 aliphatic rings. The first kappa shape index (κ1) is 35.1. The van der Waals surface area contributed by atoms with Crippen molar-refractivity contribution in [2.75, 3.05) is 19.6 Å². The van der Waals surface area contributed by atoms with Crippen molar-refractivity contribution in [3.05, 3.63) is 35.4 Å². The quantitative estimate of drug-likeness (QED) is 0.166. The Bertz CT molecular complexity index is 1100. The summed E-state index contributed by atoms with van der Waals surface area (Å²) in [5.74, 6) is 0.559. The molecule has 1 unspecified atom stereocenters. The Morgan fingerprint density at radius 1 is 0.864 bits per heavy atom. The third kappa shape index (κ3) is 11.2. The molecule has 2 aliphatic carbocycles. The van der Waals surface area contributed by atoms with Crippen LogP contribution in [-0.2, 0) is 20.8 Å². The summed E-state index contributed by atoms with van der Waals surface area (Å²) in [7, 11) is 0. The SMILES string of the molecule is CC(=N)N1CCC(CNC(=O)[C@@H](NC(=O)C(Cc2ccc(C(=N)N)cc2)C2CCCCC2)C2CCCCC2)CC1.CC(=O)O. The summed E-state index contributed by atoms with van der Waals surface area (Å²) in [5, 5.41) is 29.5. The Labute approximate surface area is 262 Å². The standard InChI is InChI=1S/C32H50N6O2.C2H4O2/c1-22(33)38-18-16-24(17-19-38)21-36-32(40)29(26-10-6-3-7-11-26)37-31(39)28(25-8-4-2-5-9-25)20-23-12-14-27(15-13-23)30(34)35;1-2(3)4/h12-15,24-26,28-29,33H,2-11,16-21H2,1H3,(H3,34,35)(H,36,40)(H,37,39);1H3,(H,3,4)/t28?,29-;/m0./s1. The molecule has 244 valence electrons. The molecule has 0 spiro atoms. The highest BCUT2D eigenvalue weighted by atomic mass is 16.4. The van der Waals surface area contributed by atoms with Gasteiger partial charge >= 0.3 is 0 Å². The normalized spacial score (nSPS) is 19.5. The van der Waals surface area contributed by atoms with Crippen LogP contribution in [0.15, 0.2) is 24.3 Å². The van der Waals surface area contributed by atoms with E-state index in [2.05, 4.69) is 15.5 Å². The van der Waals surface area contributed by atoms with Crippen molar-refractivity contribution in [3.8, 4) is 0 Å². The number of nitrogens with two attached hydrogens (primary N) is 1. The summed E-state index contributed by atoms with van der Waals surface area (Å²) in [6.45, 7) is 5.29. The lowest BCUT2D eigenvalue weighted by molar-refractivity contribution is -0.134. The van der Waals surface area contributed by atoms with Gasteiger partial charge in [-0.25, -0.2) is 0 Å². The predicted molar refractivity (Wildman–Crippen MR) is 174 cm³/mol. The lowest BCUT2D eigenvalue weighted by Gasteiger charge is -2.35. The molecular formula is C34H54N6O4. The number of likely N-dealkylation sites (tertiary alicyclic amines) is 1. The van der Waals surface area contributed by atoms with Crippen molar-refractivity contribution in [1.82, 2.24) is 15.5 Å². The van der Waals surface area contributed by atoms with Crippen molar-refractivity contribution in [3.63, 3.8) is 0 Å². The highest BCUT2D eigenvalue weighted by Crippen LogP contribution is 2.33. The zero-order valence-electron chi connectivity index (χ0n) is 26.7. The van der Waals surface area contributed by atoms with Crippen molar-refractivity contribution >= 4 is 29.5 Å². The zero-order chi connectivity index (χ0) is 32.1. The first-order chi connectivity index (χ1) is 21.0. The van der Waals surface area contributed by atoms with Gasteiger partial charge in [0.05, 0.1) is 5.84 Å². The van der Waals surface area contributed by atoms with E-state index in [0.717, 1.165) is 89.8 Å². The number of nitrogens with zero attached hydrogens (tertiary/aromatic N) is 1. The van der Waals surface area contributed by atoms with Crippen LogP contribution in [0.5, 0.6) is 0 Å². The number of carbonyl (C=O) groups is 3. The maximum atomic E-state index is 14.0. The minimum absolute atomic E-state index is 0.0167. The van der Waals surface area contributed by atoms with E-state index in [1.165, 1.54) is 12.8 Å². The minimum Gasteiger partial charge on any atom is -0.481 e. The number of aliphatic carboxylic acids is 1. The number of nitrogen functional groups attached to an aromatic ring is 1. The van der Waals surface area contributed by atoms with Gasteiger partial charge < -0.3 is 26.4 Å². The van der Waals surface area contributed by atoms with E-state index in [1.54, 1.807) is 0 Å². The average molecular weight is 611 g/mol. The Morgan fingerprint density at radius 3 is 1.89 bits per heavy atom. The molecule has 3 fully saturated rings. The van der Waals surface area contributed by atoms with E-state index in [1.807, 2.05) is 31.2 Å². The van der Waals surface area contributed by atoms with Gasteiger partial charge in [0.15, 0.2) is 0 Å². The summed E-state index contributed by atoms with van der Waals surface area (Å²) in [4.78, 5) is 38.8. The molecule has 0 bridgehead atoms. The number of hydrogen-bond acceptors (Lipinski definition) is 5. The van der Waals surface area contributed by atoms with E-state index in [0.29, 0.717) is 36.2 Å². The molecule has 2 amide bonds. The van der Waals surface area contributed by atoms with Crippen molar-refractivity contribution < 1.29 is 19.5 Å². The molecule has 44 heavy (non-hydrogen) atoms. The number of amidine groups is 2. The van der Waals surface area contributed by atoms with Gasteiger partial charge in [0.25, 0.3) is 5.97 Å². The molecule has 1 aromatic rings. The van der Waals surface area contributed by atoms with E-state index < -0.39 is 12.0 Å². The van der Waals surface area contributed by atoms with Crippen LogP contribution in [0.3, 0.4) is 0 Å². The lowest BCUT2D eigenvalue weighted by Crippen LogP contribution is -2.54. The van der Waals surface area contributed by atoms with Crippen LogP contribution in [0.4, 0.5) is 0 Å². The summed E-state index contributed by atoms with van der Waals surface area (Å²) < 4.78 is 0. The molecule has 1 aromatic carbocycles. The Hall–Kier alpha value is -3.43. The van der Waals surface area contributed by atoms with Crippen LogP contribution < -0.4 is 16.4 Å². The summed E-state index contributed by atoms with van der Waals surface area (Å²) >= 11 is 0. The smallest absolute Gasteiger partial charge is 0.300 e. The number of piperidine rings is 1. The van der Waals surface area contributed by atoms with E-state index >= 15 is 0 Å². The number of rotatable bonds is 10. The molecule has 4 rings (SSSR count). The molecule has 1 aliphatic heterocycles. The summed E-state index contributed by atoms with van der Waals surface area (Å²) in [6, 6.07) is 7.20. The Balaban J connectivity index is 0.00000124. The second-order valence-corrected chi connectivity index (χ2v) is 13.0. The maximum absolute atomic E-state index is 14.0. The first-order valence-electron chi connectivity index (χ1n) is 16.6. The van der Waals surface area contributed by atoms with Crippen LogP contribution in [0.25, 0.3) is 0 Å². The molecule has 1 saturated heterocycles. The van der Waals surface area contributed by atoms with Gasteiger partial charge in [-0.3, -0.25) is 25.2 Å². The van der Waals surface area contributed by atoms with E-state index in [9.17, 15) is 9.59 Å². The van der Waals surface area contributed by atoms with Gasteiger partial charge in [-0.05, 0) is 75.2 Å². The highest BCUT2D eigenvalue weighted by Gasteiger charge is 2.36. The summed E-state index contributed by atoms with van der Waals surface area (Å²) in [5.41, 5.74) is 7.41. The lowest BCUT2D eigenvalue weighted by atomic mass is 9.76. The van der Waals surface area contributed by atoms with E-state index in [-0.39, 0.29) is 29.5 Å². The number of amides is 2. The second-order valence-electron chi connectivity index (χ2n) is 13.0. The van der Waals surface area contributed by atoms with Crippen molar-refractivity contribution in [2.45, 2.75) is 103 Å². The van der Waals surface area contributed by atoms with Gasteiger partial charge in [-0.1, -0.05) is 62.8 Å². The monoisotopic (exact) mass is 610 g/mol. The average Bonchev–Trinajstić information content (AvgIpc) is 3.02. The van der Waals surface area contributed by atoms with Crippen molar-refractivity contribution in [1.29, 1.82) is 10.8 Å². The van der Waals surface area contributed by atoms with Crippen molar-refractivity contribution in [2.24, 2.45) is 29.4 Å². The fraction of sp³-hybridized carbons (Fsp3) is 0.676. The van der Waals surface area contributed by atoms with Gasteiger partial charge in [0.1, 0.15) is 11.9 Å². The molecule has 0 aromatic heterocycles. The molecule has 2 saturated carbocycles. The van der Waals surface area contributed by atoms with Crippen LogP contribution >= 0.6 is 0 Å². The predicted octanol–water partition coefficient (Wildman–Crippen LogP) is 4.69. The molecule has 0 radical (unpaired) electrons. The Morgan fingerprint density at radius 2 is 1.39 bits per heavy atom. The number of carboxylic acids is 1. The van der Waals surface area contributed by atoms with Crippen LogP contribution in [0, 0.1) is 34.5 Å². The molecule has 7 N–H and O–H groups in total. The maximum Gasteiger partial charge on any atom is 0.300 e. The van der Waals surface area contributed by atoms with Crippen LogP contribution in [0.1, 0.15) is 102 Å². The third-order valence-corrected chi connectivity index (χ3v) is 9.63. The topological polar surface area (TPSA) is 172 Å². The Kier molecular flexibility index (Phi) is 14.1. The molecule has 2 atom stereocenters. The largest absolute Gasteiger partial charge is 0.481 e. The van der Waals surface area contributed by atoms with Gasteiger partial charge in [-0.2, -0.15) is 0 Å². The van der Waals surface area contributed by atoms with Gasteiger partial charge in [-0.15, -0.1) is 0 Å². The summed E-state index contributed by atoms with van der Waals surface area (Å²) in [6.07, 6.45) is 13.6. The second kappa shape index (κ2) is 17.8. The fourth-order valence-corrected chi connectivity index (χ4v) is 7.04. The number of hydrogen-bond donors (Lipinski definition) is 6. The minimum atomic E-state index is -0.833. The fourth-order valence-electron chi connectivity index (χ4n) is 7.04. The highest BCUT2D eigenvalue weighted by molar-refractivity contribution is 5.95. The molecule has 1 heterocycles. The third-order valence-electron chi connectivity index (χ3n) is 9.63. The zero-order valence-corrected chi connectivity index (χ0v) is 26.7. The first-order valence-corrected chi connectivity index (χ1v) is 16.6. The van der Waals surface area contributed by atoms with Gasteiger partial charge in [0, 0.05) is 38.0 Å². The molecule has 10 nitrogen and oxygen atoms in total. The number of carbonyl (C=O) groups excluding carboxylic acids is 2. The van der Waals surface area contributed by atoms with Crippen LogP contribution in [-0.4, -0.2) is 65.1 Å².